The Kier molecular flexibility index (Phi) is 8.36. The number of aromatic carboxylic acids is 1. The lowest BCUT2D eigenvalue weighted by atomic mass is 9.86. The zero-order valence-corrected chi connectivity index (χ0v) is 24.4. The number of nitrogens with one attached hydrogen (secondary N) is 1. The fraction of sp³-hybridized carbons (Fsp3) is 0.424. The molecule has 1 aliphatic carbocycles. The number of amides is 2. The van der Waals surface area contributed by atoms with E-state index >= 15 is 0 Å². The van der Waals surface area contributed by atoms with Crippen molar-refractivity contribution in [2.75, 3.05) is 19.7 Å². The quantitative estimate of drug-likeness (QED) is 0.321. The predicted octanol–water partition coefficient (Wildman–Crippen LogP) is 4.46. The topological polar surface area (TPSA) is 148 Å². The number of benzene rings is 2. The normalized spacial score (nSPS) is 21.3. The molecule has 0 bridgehead atoms. The fourth-order valence-corrected chi connectivity index (χ4v) is 6.17. The summed E-state index contributed by atoms with van der Waals surface area (Å²) in [6.45, 7) is 2.80. The van der Waals surface area contributed by atoms with E-state index in [-0.39, 0.29) is 42.1 Å². The first-order valence-corrected chi connectivity index (χ1v) is 15.1. The minimum absolute atomic E-state index is 0.0676. The van der Waals surface area contributed by atoms with E-state index in [4.69, 9.17) is 14.0 Å². The first-order valence-electron chi connectivity index (χ1n) is 15.1. The highest BCUT2D eigenvalue weighted by atomic mass is 16.5. The van der Waals surface area contributed by atoms with Gasteiger partial charge in [0, 0.05) is 25.1 Å². The van der Waals surface area contributed by atoms with Crippen molar-refractivity contribution in [2.24, 2.45) is 5.92 Å². The fourth-order valence-electron chi connectivity index (χ4n) is 6.17. The van der Waals surface area contributed by atoms with Gasteiger partial charge in [-0.15, -0.1) is 0 Å². The van der Waals surface area contributed by atoms with Crippen molar-refractivity contribution < 1.29 is 38.3 Å². The van der Waals surface area contributed by atoms with Gasteiger partial charge in [0.1, 0.15) is 24.7 Å². The summed E-state index contributed by atoms with van der Waals surface area (Å²) in [7, 11) is 0. The lowest BCUT2D eigenvalue weighted by Crippen LogP contribution is -2.42. The van der Waals surface area contributed by atoms with Gasteiger partial charge in [-0.1, -0.05) is 29.4 Å². The number of nitrogens with zero attached hydrogens (tertiary/aromatic N) is 2. The van der Waals surface area contributed by atoms with Crippen LogP contribution in [0.2, 0.25) is 0 Å². The molecule has 3 fully saturated rings. The smallest absolute Gasteiger partial charge is 0.335 e. The molecule has 230 valence electrons. The number of carbonyl (C=O) groups excluding carboxylic acids is 3. The van der Waals surface area contributed by atoms with E-state index in [0.29, 0.717) is 43.2 Å². The van der Waals surface area contributed by atoms with E-state index in [1.165, 1.54) is 36.8 Å². The van der Waals surface area contributed by atoms with E-state index in [1.54, 1.807) is 17.0 Å². The Morgan fingerprint density at radius 3 is 2.52 bits per heavy atom. The molecule has 0 radical (unpaired) electrons. The van der Waals surface area contributed by atoms with Crippen molar-refractivity contribution in [2.45, 2.75) is 63.0 Å². The maximum atomic E-state index is 13.1. The molecule has 2 aliphatic heterocycles. The molecule has 2 N–H and O–H groups in total. The number of piperidine rings is 1. The van der Waals surface area contributed by atoms with E-state index in [2.05, 4.69) is 22.6 Å². The second kappa shape index (κ2) is 12.5. The molecular weight excluding hydrogens is 566 g/mol. The Labute approximate surface area is 254 Å². The molecule has 11 heteroatoms. The van der Waals surface area contributed by atoms with Crippen molar-refractivity contribution in [1.82, 2.24) is 15.4 Å². The summed E-state index contributed by atoms with van der Waals surface area (Å²) in [6.07, 6.45) is 4.55. The van der Waals surface area contributed by atoms with Gasteiger partial charge in [0.2, 0.25) is 5.91 Å². The summed E-state index contributed by atoms with van der Waals surface area (Å²) >= 11 is 0. The van der Waals surface area contributed by atoms with Gasteiger partial charge in [0.05, 0.1) is 23.9 Å². The molecule has 2 amide bonds. The summed E-state index contributed by atoms with van der Waals surface area (Å²) in [5.41, 5.74) is 3.00. The molecule has 2 aromatic carbocycles. The summed E-state index contributed by atoms with van der Waals surface area (Å²) in [5.74, 6) is -1.70. The first-order chi connectivity index (χ1) is 21.3. The summed E-state index contributed by atoms with van der Waals surface area (Å²) in [4.78, 5) is 51.5. The number of hydrogen-bond donors (Lipinski definition) is 2. The van der Waals surface area contributed by atoms with Crippen LogP contribution in [0, 0.1) is 5.92 Å². The molecular formula is C33H35N3O8. The van der Waals surface area contributed by atoms with E-state index in [0.717, 1.165) is 5.56 Å². The minimum Gasteiger partial charge on any atom is -0.484 e. The molecule has 6 rings (SSSR count). The van der Waals surface area contributed by atoms with Gasteiger partial charge in [-0.25, -0.2) is 4.79 Å². The summed E-state index contributed by atoms with van der Waals surface area (Å²) in [6, 6.07) is 14.1. The SMILES string of the molecule is C[C@H](NC(=O)c1ccon1)[C@H](Oc1ccc(C(=O)O)c([C@@H]2CCCN(C(=O)[C@H]3COC(=O)C3)C2)c1)c1ccc(C2CC2)cc1. The number of rotatable bonds is 10. The molecule has 3 aromatic rings. The van der Waals surface area contributed by atoms with Crippen LogP contribution in [0.5, 0.6) is 5.75 Å². The number of carboxylic acid groups (broad SMARTS) is 1. The zero-order chi connectivity index (χ0) is 30.8. The number of aromatic nitrogens is 1. The highest BCUT2D eigenvalue weighted by molar-refractivity contribution is 5.92. The molecule has 0 unspecified atom stereocenters. The molecule has 3 aliphatic rings. The van der Waals surface area contributed by atoms with Crippen molar-refractivity contribution in [3.63, 3.8) is 0 Å². The van der Waals surface area contributed by atoms with Gasteiger partial charge in [-0.2, -0.15) is 0 Å². The first kappa shape index (κ1) is 29.4. The molecule has 1 aromatic heterocycles. The molecule has 4 atom stereocenters. The van der Waals surface area contributed by atoms with Crippen LogP contribution in [-0.2, 0) is 14.3 Å². The second-order valence-corrected chi connectivity index (χ2v) is 11.9. The van der Waals surface area contributed by atoms with Crippen molar-refractivity contribution in [3.8, 4) is 5.75 Å². The van der Waals surface area contributed by atoms with Crippen LogP contribution in [-0.4, -0.2) is 64.7 Å². The third-order valence-electron chi connectivity index (χ3n) is 8.69. The largest absolute Gasteiger partial charge is 0.484 e. The van der Waals surface area contributed by atoms with Crippen molar-refractivity contribution in [1.29, 1.82) is 0 Å². The average molecular weight is 602 g/mol. The molecule has 1 saturated carbocycles. The van der Waals surface area contributed by atoms with Crippen LogP contribution in [0.15, 0.2) is 59.3 Å². The molecule has 0 spiro atoms. The Morgan fingerprint density at radius 1 is 1.07 bits per heavy atom. The van der Waals surface area contributed by atoms with E-state index in [1.807, 2.05) is 19.1 Å². The Morgan fingerprint density at radius 2 is 1.86 bits per heavy atom. The second-order valence-electron chi connectivity index (χ2n) is 11.9. The number of likely N-dealkylation sites (tertiary alicyclic amines) is 1. The summed E-state index contributed by atoms with van der Waals surface area (Å²) in [5, 5.41) is 16.7. The van der Waals surface area contributed by atoms with Gasteiger partial charge in [-0.3, -0.25) is 14.4 Å². The van der Waals surface area contributed by atoms with Gasteiger partial charge in [0.15, 0.2) is 5.69 Å². The van der Waals surface area contributed by atoms with Crippen LogP contribution in [0.3, 0.4) is 0 Å². The monoisotopic (exact) mass is 601 g/mol. The predicted molar refractivity (Wildman–Crippen MR) is 156 cm³/mol. The maximum Gasteiger partial charge on any atom is 0.335 e. The van der Waals surface area contributed by atoms with Crippen LogP contribution in [0.25, 0.3) is 0 Å². The lowest BCUT2D eigenvalue weighted by molar-refractivity contribution is -0.138. The molecule has 11 nitrogen and oxygen atoms in total. The lowest BCUT2D eigenvalue weighted by Gasteiger charge is -2.35. The van der Waals surface area contributed by atoms with Crippen LogP contribution in [0.1, 0.15) is 94.5 Å². The van der Waals surface area contributed by atoms with Crippen LogP contribution in [0.4, 0.5) is 0 Å². The average Bonchev–Trinajstić information content (AvgIpc) is 3.54. The molecule has 44 heavy (non-hydrogen) atoms. The van der Waals surface area contributed by atoms with Gasteiger partial charge in [-0.05, 0) is 73.4 Å². The number of hydrogen-bond acceptors (Lipinski definition) is 8. The summed E-state index contributed by atoms with van der Waals surface area (Å²) < 4.78 is 16.4. The number of carboxylic acids is 1. The van der Waals surface area contributed by atoms with E-state index < -0.39 is 29.9 Å². The number of ether oxygens (including phenoxy) is 2. The molecule has 3 heterocycles. The van der Waals surface area contributed by atoms with E-state index in [9.17, 15) is 24.3 Å². The number of carbonyl (C=O) groups is 4. The zero-order valence-electron chi connectivity index (χ0n) is 24.4. The van der Waals surface area contributed by atoms with Crippen LogP contribution >= 0.6 is 0 Å². The van der Waals surface area contributed by atoms with Crippen molar-refractivity contribution in [3.05, 3.63) is 82.7 Å². The highest BCUT2D eigenvalue weighted by Crippen LogP contribution is 2.41. The third kappa shape index (κ3) is 6.46. The van der Waals surface area contributed by atoms with Crippen LogP contribution < -0.4 is 10.1 Å². The van der Waals surface area contributed by atoms with Gasteiger partial charge < -0.3 is 29.3 Å². The number of cyclic esters (lactones) is 1. The third-order valence-corrected chi connectivity index (χ3v) is 8.69. The maximum absolute atomic E-state index is 13.1. The van der Waals surface area contributed by atoms with Gasteiger partial charge in [0.25, 0.3) is 5.91 Å². The van der Waals surface area contributed by atoms with Crippen molar-refractivity contribution >= 4 is 23.8 Å². The van der Waals surface area contributed by atoms with Gasteiger partial charge >= 0.3 is 11.9 Å². The Hall–Kier alpha value is -4.67. The molecule has 2 saturated heterocycles. The highest BCUT2D eigenvalue weighted by Gasteiger charge is 2.36. The Bertz CT molecular complexity index is 1530. The standard InChI is InChI=1S/C33H35N3O8/c1-19(34-31(38)28-12-14-43-35-28)30(22-8-6-21(7-9-22)20-4-5-20)44-25-10-11-26(33(40)41)27(16-25)23-3-2-13-36(17-23)32(39)24-15-29(37)42-18-24/h6-12,14,16,19-20,23-24,30H,2-5,13,15,17-18H2,1H3,(H,34,38)(H,40,41)/t19-,23+,24+,30-/m0/s1. The minimum atomic E-state index is -1.06. The Balaban J connectivity index is 1.26. The number of esters is 1.